The normalized spacial score (nSPS) is 24.6. The van der Waals surface area contributed by atoms with Crippen LogP contribution in [0.4, 0.5) is 0 Å². The van der Waals surface area contributed by atoms with Crippen LogP contribution in [-0.2, 0) is 11.2 Å². The van der Waals surface area contributed by atoms with Gasteiger partial charge in [-0.05, 0) is 13.0 Å². The summed E-state index contributed by atoms with van der Waals surface area (Å²) in [6.45, 7) is 1.59. The summed E-state index contributed by atoms with van der Waals surface area (Å²) < 4.78 is 5.36. The van der Waals surface area contributed by atoms with Crippen molar-refractivity contribution in [2.45, 2.75) is 19.1 Å². The summed E-state index contributed by atoms with van der Waals surface area (Å²) in [6, 6.07) is 7.45. The van der Waals surface area contributed by atoms with Crippen molar-refractivity contribution < 1.29 is 9.53 Å². The molecule has 0 aromatic heterocycles. The van der Waals surface area contributed by atoms with Gasteiger partial charge in [0.2, 0.25) is 5.72 Å². The van der Waals surface area contributed by atoms with Crippen LogP contribution in [0.15, 0.2) is 24.3 Å². The first-order valence-electron chi connectivity index (χ1n) is 4.19. The zero-order chi connectivity index (χ0) is 9.47. The monoisotopic (exact) mass is 213 g/mol. The molecule has 0 amide bonds. The molecule has 0 fully saturated rings. The van der Waals surface area contributed by atoms with Crippen molar-refractivity contribution in [3.63, 3.8) is 0 Å². The number of Topliss-reactive ketones (excluding diaryl/α,β-unsaturated/α-hetero) is 1. The molecule has 1 unspecified atom stereocenters. The number of ketones is 1. The van der Waals surface area contributed by atoms with Crippen molar-refractivity contribution in [2.24, 2.45) is 5.73 Å². The molecule has 2 N–H and O–H groups in total. The van der Waals surface area contributed by atoms with Gasteiger partial charge < -0.3 is 4.74 Å². The molecule has 0 spiro atoms. The minimum atomic E-state index is -1.16. The molecule has 14 heavy (non-hydrogen) atoms. The zero-order valence-corrected chi connectivity index (χ0v) is 8.64. The van der Waals surface area contributed by atoms with Gasteiger partial charge in [0.1, 0.15) is 5.75 Å². The predicted octanol–water partition coefficient (Wildman–Crippen LogP) is 1.29. The topological polar surface area (TPSA) is 52.3 Å². The maximum absolute atomic E-state index is 11.4. The third kappa shape index (κ3) is 1.74. The Labute approximate surface area is 88.7 Å². The molecule has 4 heteroatoms. The van der Waals surface area contributed by atoms with E-state index < -0.39 is 5.72 Å². The van der Waals surface area contributed by atoms with Crippen molar-refractivity contribution in [3.05, 3.63) is 29.8 Å². The van der Waals surface area contributed by atoms with Gasteiger partial charge in [0, 0.05) is 12.0 Å². The third-order valence-corrected chi connectivity index (χ3v) is 2.20. The number of carbonyl (C=O) groups excluding carboxylic acids is 1. The number of hydrogen-bond acceptors (Lipinski definition) is 3. The number of rotatable bonds is 0. The Bertz CT molecular complexity index is 363. The summed E-state index contributed by atoms with van der Waals surface area (Å²) in [6.07, 6.45) is 0.364. The molecular formula is C10H12ClNO2. The fourth-order valence-electron chi connectivity index (χ4n) is 1.38. The second-order valence-electron chi connectivity index (χ2n) is 3.42. The molecule has 1 aromatic carbocycles. The summed E-state index contributed by atoms with van der Waals surface area (Å²) in [4.78, 5) is 11.4. The molecule has 0 saturated carbocycles. The standard InChI is InChI=1S/C10H11NO2.ClH/c1-10(11)9(12)6-7-4-2-3-5-8(7)13-10;/h2-5H,6,11H2,1H3;1H. The molecule has 76 valence electrons. The van der Waals surface area contributed by atoms with Gasteiger partial charge in [0.25, 0.3) is 0 Å². The minimum Gasteiger partial charge on any atom is -0.466 e. The Morgan fingerprint density at radius 2 is 2.07 bits per heavy atom. The van der Waals surface area contributed by atoms with Crippen LogP contribution in [0.5, 0.6) is 5.75 Å². The number of carbonyl (C=O) groups is 1. The number of halogens is 1. The molecule has 3 nitrogen and oxygen atoms in total. The number of ether oxygens (including phenoxy) is 1. The van der Waals surface area contributed by atoms with E-state index in [-0.39, 0.29) is 18.2 Å². The first-order valence-corrected chi connectivity index (χ1v) is 4.19. The largest absolute Gasteiger partial charge is 0.466 e. The Morgan fingerprint density at radius 1 is 1.43 bits per heavy atom. The number of nitrogens with two attached hydrogens (primary N) is 1. The van der Waals surface area contributed by atoms with E-state index in [0.29, 0.717) is 12.2 Å². The Morgan fingerprint density at radius 3 is 2.79 bits per heavy atom. The molecule has 0 radical (unpaired) electrons. The quantitative estimate of drug-likeness (QED) is 0.707. The van der Waals surface area contributed by atoms with Crippen molar-refractivity contribution in [3.8, 4) is 5.75 Å². The Hall–Kier alpha value is -1.06. The minimum absolute atomic E-state index is 0. The zero-order valence-electron chi connectivity index (χ0n) is 7.82. The lowest BCUT2D eigenvalue weighted by molar-refractivity contribution is -0.133. The van der Waals surface area contributed by atoms with Crippen molar-refractivity contribution in [1.82, 2.24) is 0 Å². The highest BCUT2D eigenvalue weighted by Crippen LogP contribution is 2.27. The van der Waals surface area contributed by atoms with Crippen LogP contribution in [0.1, 0.15) is 12.5 Å². The average Bonchev–Trinajstić information content (AvgIpc) is 2.06. The molecule has 0 saturated heterocycles. The average molecular weight is 214 g/mol. The molecule has 1 atom stereocenters. The van der Waals surface area contributed by atoms with E-state index in [9.17, 15) is 4.79 Å². The molecule has 1 aliphatic heterocycles. The SMILES string of the molecule is CC1(N)Oc2ccccc2CC1=O.Cl. The Balaban J connectivity index is 0.000000980. The summed E-state index contributed by atoms with van der Waals surface area (Å²) in [7, 11) is 0. The Kier molecular flexibility index (Phi) is 2.83. The van der Waals surface area contributed by atoms with E-state index in [1.54, 1.807) is 6.92 Å². The third-order valence-electron chi connectivity index (χ3n) is 2.20. The van der Waals surface area contributed by atoms with Crippen LogP contribution in [0, 0.1) is 0 Å². The number of fused-ring (bicyclic) bond motifs is 1. The number of benzene rings is 1. The first-order chi connectivity index (χ1) is 6.09. The molecular weight excluding hydrogens is 202 g/mol. The van der Waals surface area contributed by atoms with E-state index in [1.807, 2.05) is 24.3 Å². The lowest BCUT2D eigenvalue weighted by atomic mass is 9.98. The molecule has 0 aliphatic carbocycles. The molecule has 2 rings (SSSR count). The van der Waals surface area contributed by atoms with Gasteiger partial charge in [-0.1, -0.05) is 18.2 Å². The van der Waals surface area contributed by atoms with Gasteiger partial charge in [-0.2, -0.15) is 0 Å². The van der Waals surface area contributed by atoms with Gasteiger partial charge in [0.15, 0.2) is 5.78 Å². The molecule has 1 heterocycles. The highest BCUT2D eigenvalue weighted by atomic mass is 35.5. The van der Waals surface area contributed by atoms with E-state index in [4.69, 9.17) is 10.5 Å². The highest BCUT2D eigenvalue weighted by Gasteiger charge is 2.35. The van der Waals surface area contributed by atoms with E-state index in [1.165, 1.54) is 0 Å². The summed E-state index contributed by atoms with van der Waals surface area (Å²) >= 11 is 0. The van der Waals surface area contributed by atoms with Crippen LogP contribution in [-0.4, -0.2) is 11.5 Å². The van der Waals surface area contributed by atoms with Gasteiger partial charge in [-0.25, -0.2) is 0 Å². The molecule has 0 bridgehead atoms. The number of para-hydroxylation sites is 1. The van der Waals surface area contributed by atoms with E-state index in [0.717, 1.165) is 5.56 Å². The number of hydrogen-bond donors (Lipinski definition) is 1. The fraction of sp³-hybridized carbons (Fsp3) is 0.300. The predicted molar refractivity (Wildman–Crippen MR) is 55.6 cm³/mol. The van der Waals surface area contributed by atoms with Gasteiger partial charge in [-0.15, -0.1) is 12.4 Å². The van der Waals surface area contributed by atoms with Crippen molar-refractivity contribution in [1.29, 1.82) is 0 Å². The van der Waals surface area contributed by atoms with Crippen molar-refractivity contribution >= 4 is 18.2 Å². The maximum atomic E-state index is 11.4. The maximum Gasteiger partial charge on any atom is 0.215 e. The second-order valence-corrected chi connectivity index (χ2v) is 3.42. The molecule has 1 aromatic rings. The lowest BCUT2D eigenvalue weighted by Crippen LogP contribution is -2.53. The van der Waals surface area contributed by atoms with E-state index in [2.05, 4.69) is 0 Å². The second kappa shape index (κ2) is 3.59. The van der Waals surface area contributed by atoms with Crippen LogP contribution in [0.3, 0.4) is 0 Å². The lowest BCUT2D eigenvalue weighted by Gasteiger charge is -2.30. The van der Waals surface area contributed by atoms with Gasteiger partial charge in [-0.3, -0.25) is 10.5 Å². The smallest absolute Gasteiger partial charge is 0.215 e. The summed E-state index contributed by atoms with van der Waals surface area (Å²) in [5.74, 6) is 0.637. The van der Waals surface area contributed by atoms with Gasteiger partial charge in [0.05, 0.1) is 0 Å². The van der Waals surface area contributed by atoms with Crippen LogP contribution in [0.25, 0.3) is 0 Å². The first kappa shape index (κ1) is 11.0. The van der Waals surface area contributed by atoms with Gasteiger partial charge >= 0.3 is 0 Å². The van der Waals surface area contributed by atoms with Crippen LogP contribution < -0.4 is 10.5 Å². The van der Waals surface area contributed by atoms with Crippen LogP contribution >= 0.6 is 12.4 Å². The fourth-order valence-corrected chi connectivity index (χ4v) is 1.38. The van der Waals surface area contributed by atoms with Crippen LogP contribution in [0.2, 0.25) is 0 Å². The van der Waals surface area contributed by atoms with Crippen molar-refractivity contribution in [2.75, 3.05) is 0 Å². The highest BCUT2D eigenvalue weighted by molar-refractivity contribution is 5.90. The summed E-state index contributed by atoms with van der Waals surface area (Å²) in [5, 5.41) is 0. The summed E-state index contributed by atoms with van der Waals surface area (Å²) in [5.41, 5.74) is 5.42. The molecule has 1 aliphatic rings. The van der Waals surface area contributed by atoms with E-state index >= 15 is 0 Å².